The molecule has 0 aromatic heterocycles. The summed E-state index contributed by atoms with van der Waals surface area (Å²) in [6, 6.07) is 6.22. The van der Waals surface area contributed by atoms with E-state index in [4.69, 9.17) is 14.2 Å². The van der Waals surface area contributed by atoms with Crippen LogP contribution in [0.2, 0.25) is 0 Å². The second-order valence-corrected chi connectivity index (χ2v) is 6.40. The van der Waals surface area contributed by atoms with Crippen molar-refractivity contribution in [1.29, 1.82) is 0 Å². The Morgan fingerprint density at radius 1 is 1.00 bits per heavy atom. The van der Waals surface area contributed by atoms with Crippen molar-refractivity contribution in [2.24, 2.45) is 0 Å². The van der Waals surface area contributed by atoms with Crippen molar-refractivity contribution in [2.45, 2.75) is 33.3 Å². The van der Waals surface area contributed by atoms with Crippen molar-refractivity contribution in [3.63, 3.8) is 0 Å². The van der Waals surface area contributed by atoms with E-state index in [0.717, 1.165) is 12.1 Å². The zero-order valence-electron chi connectivity index (χ0n) is 17.3. The first-order valence-electron chi connectivity index (χ1n) is 9.86. The zero-order chi connectivity index (χ0) is 22.1. The number of ether oxygens (including phenoxy) is 3. The van der Waals surface area contributed by atoms with E-state index in [-0.39, 0.29) is 24.1 Å². The number of amides is 1. The van der Waals surface area contributed by atoms with Crippen molar-refractivity contribution in [1.82, 2.24) is 5.32 Å². The molecule has 0 spiro atoms. The molecule has 0 aliphatic heterocycles. The first kappa shape index (κ1) is 23.4. The molecule has 0 aliphatic carbocycles. The lowest BCUT2D eigenvalue weighted by molar-refractivity contribution is 0.0914. The summed E-state index contributed by atoms with van der Waals surface area (Å²) >= 11 is 0. The quantitative estimate of drug-likeness (QED) is 0.579. The Bertz CT molecular complexity index is 832. The van der Waals surface area contributed by atoms with Crippen LogP contribution in [0.1, 0.15) is 36.7 Å². The predicted molar refractivity (Wildman–Crippen MR) is 108 cm³/mol. The van der Waals surface area contributed by atoms with Gasteiger partial charge in [0.1, 0.15) is 11.6 Å². The van der Waals surface area contributed by atoms with Crippen LogP contribution in [0.3, 0.4) is 0 Å². The van der Waals surface area contributed by atoms with Crippen molar-refractivity contribution >= 4 is 5.91 Å². The van der Waals surface area contributed by atoms with Crippen molar-refractivity contribution in [3.8, 4) is 17.2 Å². The molecule has 2 aromatic carbocycles. The number of hydrogen-bond acceptors (Lipinski definition) is 5. The van der Waals surface area contributed by atoms with Crippen LogP contribution in [0.15, 0.2) is 30.3 Å². The van der Waals surface area contributed by atoms with Crippen molar-refractivity contribution < 1.29 is 32.9 Å². The van der Waals surface area contributed by atoms with E-state index >= 15 is 0 Å². The Morgan fingerprint density at radius 3 is 2.13 bits per heavy atom. The van der Waals surface area contributed by atoms with Gasteiger partial charge in [-0.25, -0.2) is 8.78 Å². The number of benzene rings is 2. The molecule has 0 saturated carbocycles. The minimum absolute atomic E-state index is 0.0654. The van der Waals surface area contributed by atoms with Gasteiger partial charge in [0.05, 0.1) is 25.9 Å². The summed E-state index contributed by atoms with van der Waals surface area (Å²) in [5.74, 6) is -0.712. The first-order valence-corrected chi connectivity index (χ1v) is 9.86. The molecular weight excluding hydrogens is 396 g/mol. The van der Waals surface area contributed by atoms with E-state index in [1.807, 2.05) is 20.8 Å². The summed E-state index contributed by atoms with van der Waals surface area (Å²) in [4.78, 5) is 12.6. The molecule has 2 rings (SSSR count). The second kappa shape index (κ2) is 11.3. The summed E-state index contributed by atoms with van der Waals surface area (Å²) in [7, 11) is 0. The molecule has 30 heavy (non-hydrogen) atoms. The number of carbonyl (C=O) groups excluding carboxylic acids is 1. The highest BCUT2D eigenvalue weighted by molar-refractivity contribution is 5.95. The average molecular weight is 423 g/mol. The average Bonchev–Trinajstić information content (AvgIpc) is 2.71. The first-order chi connectivity index (χ1) is 14.4. The van der Waals surface area contributed by atoms with Crippen molar-refractivity contribution in [2.75, 3.05) is 26.4 Å². The number of aliphatic hydroxyl groups is 1. The molecular formula is C22H27F2NO5. The van der Waals surface area contributed by atoms with Crippen LogP contribution in [0.4, 0.5) is 8.78 Å². The SMILES string of the molecule is CCOc1cc(C(=O)NC[C@@H](O)Cc2ccc(F)cc2F)cc(OCC)c1OCC. The van der Waals surface area contributed by atoms with Crippen LogP contribution >= 0.6 is 0 Å². The van der Waals surface area contributed by atoms with Gasteiger partial charge in [0.2, 0.25) is 5.75 Å². The van der Waals surface area contributed by atoms with Gasteiger partial charge >= 0.3 is 0 Å². The summed E-state index contributed by atoms with van der Waals surface area (Å²) in [5.41, 5.74) is 0.432. The van der Waals surface area contributed by atoms with E-state index in [1.165, 1.54) is 6.07 Å². The van der Waals surface area contributed by atoms with Crippen LogP contribution in [0.5, 0.6) is 17.2 Å². The number of rotatable bonds is 11. The number of halogens is 2. The van der Waals surface area contributed by atoms with E-state index in [9.17, 15) is 18.7 Å². The van der Waals surface area contributed by atoms with Crippen molar-refractivity contribution in [3.05, 3.63) is 53.1 Å². The highest BCUT2D eigenvalue weighted by Gasteiger charge is 2.19. The molecule has 164 valence electrons. The van der Waals surface area contributed by atoms with Crippen LogP contribution in [0.25, 0.3) is 0 Å². The fraction of sp³-hybridized carbons (Fsp3) is 0.409. The standard InChI is InChI=1S/C22H27F2NO5/c1-4-28-19-10-15(11-20(29-5-2)21(19)30-6-3)22(27)25-13-17(26)9-14-7-8-16(23)12-18(14)24/h7-8,10-12,17,26H,4-6,9,13H2,1-3H3,(H,25,27)/t17-/m0/s1. The maximum Gasteiger partial charge on any atom is 0.251 e. The number of hydrogen-bond donors (Lipinski definition) is 2. The fourth-order valence-electron chi connectivity index (χ4n) is 2.85. The van der Waals surface area contributed by atoms with E-state index in [1.54, 1.807) is 12.1 Å². The third kappa shape index (κ3) is 6.32. The third-order valence-electron chi connectivity index (χ3n) is 4.14. The highest BCUT2D eigenvalue weighted by atomic mass is 19.1. The lowest BCUT2D eigenvalue weighted by Crippen LogP contribution is -2.33. The van der Waals surface area contributed by atoms with E-state index in [2.05, 4.69) is 5.32 Å². The Kier molecular flexibility index (Phi) is 8.86. The number of nitrogens with one attached hydrogen (secondary N) is 1. The fourth-order valence-corrected chi connectivity index (χ4v) is 2.85. The number of carbonyl (C=O) groups is 1. The van der Waals surface area contributed by atoms with Gasteiger partial charge in [-0.15, -0.1) is 0 Å². The molecule has 2 N–H and O–H groups in total. The highest BCUT2D eigenvalue weighted by Crippen LogP contribution is 2.39. The molecule has 0 aliphatic rings. The molecule has 0 unspecified atom stereocenters. The van der Waals surface area contributed by atoms with Gasteiger partial charge in [-0.1, -0.05) is 6.07 Å². The maximum absolute atomic E-state index is 13.7. The molecule has 2 aromatic rings. The minimum Gasteiger partial charge on any atom is -0.490 e. The van der Waals surface area contributed by atoms with Crippen LogP contribution in [-0.2, 0) is 6.42 Å². The molecule has 0 saturated heterocycles. The molecule has 0 heterocycles. The van der Waals surface area contributed by atoms with Gasteiger partial charge in [-0.3, -0.25) is 4.79 Å². The molecule has 0 bridgehead atoms. The van der Waals surface area contributed by atoms with E-state index < -0.39 is 23.6 Å². The topological polar surface area (TPSA) is 77.0 Å². The number of aliphatic hydroxyl groups excluding tert-OH is 1. The van der Waals surface area contributed by atoms with Gasteiger partial charge in [-0.2, -0.15) is 0 Å². The third-order valence-corrected chi connectivity index (χ3v) is 4.14. The summed E-state index contributed by atoms with van der Waals surface area (Å²) in [6.45, 7) is 6.49. The minimum atomic E-state index is -1.05. The van der Waals surface area contributed by atoms with Crippen LogP contribution < -0.4 is 19.5 Å². The molecule has 1 atom stereocenters. The summed E-state index contributed by atoms with van der Waals surface area (Å²) in [5, 5.41) is 12.7. The smallest absolute Gasteiger partial charge is 0.251 e. The predicted octanol–water partition coefficient (Wildman–Crippen LogP) is 3.49. The Morgan fingerprint density at radius 2 is 1.60 bits per heavy atom. The molecule has 8 heteroatoms. The van der Waals surface area contributed by atoms with Gasteiger partial charge in [0.15, 0.2) is 11.5 Å². The van der Waals surface area contributed by atoms with E-state index in [0.29, 0.717) is 37.1 Å². The lowest BCUT2D eigenvalue weighted by atomic mass is 10.1. The summed E-state index contributed by atoms with van der Waals surface area (Å²) in [6.07, 6.45) is -1.11. The van der Waals surface area contributed by atoms with Gasteiger partial charge in [0, 0.05) is 24.6 Å². The van der Waals surface area contributed by atoms with Crippen LogP contribution in [-0.4, -0.2) is 43.5 Å². The largest absolute Gasteiger partial charge is 0.490 e. The molecule has 0 fully saturated rings. The molecule has 1 amide bonds. The Labute approximate surface area is 174 Å². The summed E-state index contributed by atoms with van der Waals surface area (Å²) < 4.78 is 43.5. The second-order valence-electron chi connectivity index (χ2n) is 6.40. The monoisotopic (exact) mass is 423 g/mol. The van der Waals surface area contributed by atoms with Gasteiger partial charge in [0.25, 0.3) is 5.91 Å². The Hall–Kier alpha value is -2.87. The van der Waals surface area contributed by atoms with Gasteiger partial charge in [-0.05, 0) is 44.5 Å². The lowest BCUT2D eigenvalue weighted by Gasteiger charge is -2.17. The maximum atomic E-state index is 13.7. The Balaban J connectivity index is 2.11. The molecule has 0 radical (unpaired) electrons. The van der Waals surface area contributed by atoms with Crippen LogP contribution in [0, 0.1) is 11.6 Å². The normalized spacial score (nSPS) is 11.7. The molecule has 6 nitrogen and oxygen atoms in total. The zero-order valence-corrected chi connectivity index (χ0v) is 17.3. The van der Waals surface area contributed by atoms with Gasteiger partial charge < -0.3 is 24.6 Å².